The number of hydrogen-bond acceptors (Lipinski definition) is 4. The monoisotopic (exact) mass is 743 g/mol. The van der Waals surface area contributed by atoms with E-state index in [0.29, 0.717) is 21.8 Å². The number of anilines is 2. The Morgan fingerprint density at radius 3 is 1.91 bits per heavy atom. The molecule has 9 heteroatoms. The first kappa shape index (κ1) is 32.0. The van der Waals surface area contributed by atoms with Crippen molar-refractivity contribution in [3.05, 3.63) is 164 Å². The van der Waals surface area contributed by atoms with Gasteiger partial charge in [-0.05, 0) is 113 Å². The Labute approximate surface area is 284 Å². The summed E-state index contributed by atoms with van der Waals surface area (Å²) in [6, 6.07) is 40.0. The van der Waals surface area contributed by atoms with Crippen LogP contribution in [0.4, 0.5) is 11.4 Å². The Balaban J connectivity index is 1.32. The maximum absolute atomic E-state index is 13.4. The van der Waals surface area contributed by atoms with Crippen LogP contribution in [0.1, 0.15) is 26.7 Å². The van der Waals surface area contributed by atoms with Crippen molar-refractivity contribution in [1.29, 1.82) is 0 Å². The number of benzene rings is 5. The molecule has 0 bridgehead atoms. The van der Waals surface area contributed by atoms with Crippen molar-refractivity contribution in [3.8, 4) is 0 Å². The summed E-state index contributed by atoms with van der Waals surface area (Å²) < 4.78 is 1.08. The molecule has 0 aliphatic carbocycles. The molecule has 0 aliphatic rings. The molecule has 3 amide bonds. The van der Waals surface area contributed by atoms with Crippen LogP contribution in [-0.2, 0) is 9.59 Å². The zero-order valence-electron chi connectivity index (χ0n) is 23.7. The van der Waals surface area contributed by atoms with Crippen LogP contribution in [0.15, 0.2) is 144 Å². The predicted molar refractivity (Wildman–Crippen MR) is 191 cm³/mol. The van der Waals surface area contributed by atoms with Gasteiger partial charge in [-0.2, -0.15) is 0 Å². The summed E-state index contributed by atoms with van der Waals surface area (Å²) in [6.45, 7) is 0. The summed E-state index contributed by atoms with van der Waals surface area (Å²) in [5, 5.41) is 8.68. The van der Waals surface area contributed by atoms with E-state index < -0.39 is 17.1 Å². The van der Waals surface area contributed by atoms with Crippen molar-refractivity contribution in [3.63, 3.8) is 0 Å². The van der Waals surface area contributed by atoms with Gasteiger partial charge in [-0.1, -0.05) is 72.3 Å². The van der Waals surface area contributed by atoms with Gasteiger partial charge in [-0.15, -0.1) is 11.8 Å². The second-order valence-corrected chi connectivity index (χ2v) is 12.7. The Morgan fingerprint density at radius 1 is 0.689 bits per heavy atom. The van der Waals surface area contributed by atoms with Gasteiger partial charge < -0.3 is 16.0 Å². The quantitative estimate of drug-likeness (QED) is 0.0759. The average molecular weight is 744 g/mol. The fourth-order valence-corrected chi connectivity index (χ4v) is 5.77. The zero-order chi connectivity index (χ0) is 31.6. The number of thioether (sulfide) groups is 1. The van der Waals surface area contributed by atoms with Gasteiger partial charge in [-0.25, -0.2) is 0 Å². The van der Waals surface area contributed by atoms with Gasteiger partial charge in [0.1, 0.15) is 10.9 Å². The molecule has 0 spiro atoms. The Hall–Kier alpha value is -4.38. The summed E-state index contributed by atoms with van der Waals surface area (Å²) in [5.41, 5.74) is 3.31. The maximum atomic E-state index is 13.4. The van der Waals surface area contributed by atoms with E-state index in [0.717, 1.165) is 19.7 Å². The molecule has 1 atom stereocenters. The topological polar surface area (TPSA) is 87.3 Å². The van der Waals surface area contributed by atoms with Crippen LogP contribution in [0.25, 0.3) is 6.08 Å². The Morgan fingerprint density at radius 2 is 1.27 bits per heavy atom. The second-order valence-electron chi connectivity index (χ2n) is 9.81. The van der Waals surface area contributed by atoms with E-state index in [9.17, 15) is 14.4 Å². The molecule has 0 radical (unpaired) electrons. The van der Waals surface area contributed by atoms with Crippen molar-refractivity contribution >= 4 is 81.1 Å². The molecule has 224 valence electrons. The summed E-state index contributed by atoms with van der Waals surface area (Å²) in [4.78, 5) is 40.6. The van der Waals surface area contributed by atoms with Crippen LogP contribution >= 0.6 is 46.0 Å². The average Bonchev–Trinajstić information content (AvgIpc) is 3.06. The standard InChI is InChI=1S/C36H27ClIN3O3S/c37-27-13-11-24(12-14-27)23-32(41-34(42)26-9-5-2-6-10-26)35(43)39-30-19-21-31(22-20-30)45-33(25-7-3-1-4-8-25)36(44)40-29-17-15-28(38)16-18-29/h1-23,33H,(H,39,43)(H,40,44)(H,41,42)/b32-23-. The fourth-order valence-electron chi connectivity index (χ4n) is 4.26. The van der Waals surface area contributed by atoms with Crippen molar-refractivity contribution in [2.45, 2.75) is 10.1 Å². The van der Waals surface area contributed by atoms with Crippen LogP contribution < -0.4 is 16.0 Å². The van der Waals surface area contributed by atoms with Crippen LogP contribution in [0, 0.1) is 3.57 Å². The predicted octanol–water partition coefficient (Wildman–Crippen LogP) is 8.83. The van der Waals surface area contributed by atoms with Crippen molar-refractivity contribution in [2.75, 3.05) is 10.6 Å². The summed E-state index contributed by atoms with van der Waals surface area (Å²) in [5.74, 6) is -1.04. The molecule has 45 heavy (non-hydrogen) atoms. The highest BCUT2D eigenvalue weighted by Gasteiger charge is 2.22. The van der Waals surface area contributed by atoms with Gasteiger partial charge in [0, 0.05) is 30.4 Å². The molecule has 6 nitrogen and oxygen atoms in total. The Kier molecular flexibility index (Phi) is 11.1. The number of carbonyl (C=O) groups excluding carboxylic acids is 3. The second kappa shape index (κ2) is 15.6. The smallest absolute Gasteiger partial charge is 0.272 e. The lowest BCUT2D eigenvalue weighted by Gasteiger charge is -2.17. The van der Waals surface area contributed by atoms with Gasteiger partial charge >= 0.3 is 0 Å². The highest BCUT2D eigenvalue weighted by molar-refractivity contribution is 14.1. The summed E-state index contributed by atoms with van der Waals surface area (Å²) >= 11 is 9.66. The van der Waals surface area contributed by atoms with Crippen LogP contribution in [-0.4, -0.2) is 17.7 Å². The molecule has 0 saturated carbocycles. The van der Waals surface area contributed by atoms with E-state index in [2.05, 4.69) is 38.5 Å². The van der Waals surface area contributed by atoms with E-state index in [1.165, 1.54) is 11.8 Å². The number of rotatable bonds is 10. The third-order valence-corrected chi connectivity index (χ3v) is 8.77. The molecular formula is C36H27ClIN3O3S. The third kappa shape index (κ3) is 9.31. The third-order valence-electron chi connectivity index (χ3n) is 6.53. The minimum absolute atomic E-state index is 0.0704. The van der Waals surface area contributed by atoms with Gasteiger partial charge in [0.2, 0.25) is 5.91 Å². The normalized spacial score (nSPS) is 11.7. The molecule has 5 rings (SSSR count). The zero-order valence-corrected chi connectivity index (χ0v) is 27.5. The largest absolute Gasteiger partial charge is 0.325 e. The first-order chi connectivity index (χ1) is 21.8. The first-order valence-electron chi connectivity index (χ1n) is 13.9. The lowest BCUT2D eigenvalue weighted by Crippen LogP contribution is -2.30. The van der Waals surface area contributed by atoms with E-state index in [1.807, 2.05) is 72.8 Å². The highest BCUT2D eigenvalue weighted by atomic mass is 127. The van der Waals surface area contributed by atoms with Crippen LogP contribution in [0.3, 0.4) is 0 Å². The number of amides is 3. The number of hydrogen-bond donors (Lipinski definition) is 3. The highest BCUT2D eigenvalue weighted by Crippen LogP contribution is 2.37. The molecule has 0 heterocycles. The van der Waals surface area contributed by atoms with Gasteiger partial charge in [0.15, 0.2) is 0 Å². The lowest BCUT2D eigenvalue weighted by molar-refractivity contribution is -0.116. The fraction of sp³-hybridized carbons (Fsp3) is 0.0278. The molecule has 5 aromatic carbocycles. The Bertz CT molecular complexity index is 1800. The molecule has 1 unspecified atom stereocenters. The molecule has 0 aliphatic heterocycles. The first-order valence-corrected chi connectivity index (χ1v) is 16.2. The van der Waals surface area contributed by atoms with E-state index in [1.54, 1.807) is 66.7 Å². The minimum atomic E-state index is -0.506. The van der Waals surface area contributed by atoms with Crippen molar-refractivity contribution in [1.82, 2.24) is 5.32 Å². The SMILES string of the molecule is O=C(Nc1ccc(SC(C(=O)Nc2ccc(I)cc2)c2ccccc2)cc1)/C(=C/c1ccc(Cl)cc1)NC(=O)c1ccccc1. The van der Waals surface area contributed by atoms with Gasteiger partial charge in [-0.3, -0.25) is 14.4 Å². The molecule has 5 aromatic rings. The summed E-state index contributed by atoms with van der Waals surface area (Å²) in [7, 11) is 0. The van der Waals surface area contributed by atoms with E-state index in [-0.39, 0.29) is 11.6 Å². The molecule has 0 saturated heterocycles. The molecule has 0 fully saturated rings. The summed E-state index contributed by atoms with van der Waals surface area (Å²) in [6.07, 6.45) is 1.59. The van der Waals surface area contributed by atoms with E-state index >= 15 is 0 Å². The number of carbonyl (C=O) groups is 3. The molecular weight excluding hydrogens is 717 g/mol. The van der Waals surface area contributed by atoms with Crippen LogP contribution in [0.5, 0.6) is 0 Å². The van der Waals surface area contributed by atoms with Gasteiger partial charge in [0.25, 0.3) is 11.8 Å². The molecule has 3 N–H and O–H groups in total. The lowest BCUT2D eigenvalue weighted by atomic mass is 10.1. The van der Waals surface area contributed by atoms with Crippen LogP contribution in [0.2, 0.25) is 5.02 Å². The molecule has 0 aromatic heterocycles. The van der Waals surface area contributed by atoms with E-state index in [4.69, 9.17) is 11.6 Å². The van der Waals surface area contributed by atoms with Crippen molar-refractivity contribution in [2.24, 2.45) is 0 Å². The maximum Gasteiger partial charge on any atom is 0.272 e. The number of nitrogens with one attached hydrogen (secondary N) is 3. The van der Waals surface area contributed by atoms with Crippen molar-refractivity contribution < 1.29 is 14.4 Å². The minimum Gasteiger partial charge on any atom is -0.325 e. The number of halogens is 2. The van der Waals surface area contributed by atoms with Gasteiger partial charge in [0.05, 0.1) is 0 Å².